The molecule has 0 aliphatic rings. The molecule has 120 valence electrons. The van der Waals surface area contributed by atoms with E-state index in [1.165, 1.54) is 11.3 Å². The molecule has 0 aliphatic carbocycles. The Balaban J connectivity index is 2.23. The Morgan fingerprint density at radius 1 is 1.14 bits per heavy atom. The van der Waals surface area contributed by atoms with Gasteiger partial charge in [-0.3, -0.25) is 0 Å². The number of ether oxygens (including phenoxy) is 2. The van der Waals surface area contributed by atoms with E-state index in [1.807, 2.05) is 0 Å². The fourth-order valence-electron chi connectivity index (χ4n) is 1.92. The van der Waals surface area contributed by atoms with Crippen molar-refractivity contribution < 1.29 is 17.9 Å². The molecule has 0 amide bonds. The minimum Gasteiger partial charge on any atom is -0.493 e. The quantitative estimate of drug-likeness (QED) is 0.797. The smallest absolute Gasteiger partial charge is 0.250 e. The van der Waals surface area contributed by atoms with Gasteiger partial charge in [0.05, 0.1) is 18.0 Å². The van der Waals surface area contributed by atoms with Crippen LogP contribution < -0.4 is 14.2 Å². The average Bonchev–Trinajstić information content (AvgIpc) is 2.93. The first-order valence-electron chi connectivity index (χ1n) is 6.37. The van der Waals surface area contributed by atoms with Gasteiger partial charge >= 0.3 is 0 Å². The Bertz CT molecular complexity index is 758. The van der Waals surface area contributed by atoms with Gasteiger partial charge in [-0.25, -0.2) is 13.1 Å². The predicted octanol–water partition coefficient (Wildman–Crippen LogP) is 3.57. The van der Waals surface area contributed by atoms with Crippen molar-refractivity contribution in [2.45, 2.75) is 17.2 Å². The third kappa shape index (κ3) is 3.81. The molecule has 0 fully saturated rings. The molecule has 1 aromatic carbocycles. The van der Waals surface area contributed by atoms with Crippen molar-refractivity contribution in [3.8, 4) is 11.5 Å². The first kappa shape index (κ1) is 17.3. The third-order valence-corrected chi connectivity index (χ3v) is 6.71. The molecule has 2 rings (SSSR count). The molecule has 0 bridgehead atoms. The lowest BCUT2D eigenvalue weighted by Gasteiger charge is -2.16. The second-order valence-corrected chi connectivity index (χ2v) is 8.92. The molecule has 0 saturated carbocycles. The number of benzene rings is 1. The fourth-order valence-corrected chi connectivity index (χ4v) is 5.18. The van der Waals surface area contributed by atoms with Crippen molar-refractivity contribution in [3.05, 3.63) is 39.7 Å². The molecule has 0 saturated heterocycles. The van der Waals surface area contributed by atoms with E-state index in [1.54, 1.807) is 51.5 Å². The highest BCUT2D eigenvalue weighted by molar-refractivity contribution is 9.11. The Morgan fingerprint density at radius 2 is 1.82 bits per heavy atom. The molecule has 0 unspecified atom stereocenters. The number of hydrogen-bond acceptors (Lipinski definition) is 5. The maximum absolute atomic E-state index is 12.3. The number of nitrogens with one attached hydrogen (secondary N) is 1. The van der Waals surface area contributed by atoms with Gasteiger partial charge in [-0.2, -0.15) is 0 Å². The van der Waals surface area contributed by atoms with Crippen molar-refractivity contribution in [2.75, 3.05) is 14.2 Å². The van der Waals surface area contributed by atoms with Gasteiger partial charge in [-0.1, -0.05) is 6.07 Å². The summed E-state index contributed by atoms with van der Waals surface area (Å²) in [6, 6.07) is 8.19. The highest BCUT2D eigenvalue weighted by Crippen LogP contribution is 2.31. The normalized spacial score (nSPS) is 12.9. The van der Waals surface area contributed by atoms with Crippen molar-refractivity contribution in [1.29, 1.82) is 0 Å². The van der Waals surface area contributed by atoms with Crippen molar-refractivity contribution in [1.82, 2.24) is 4.72 Å². The third-order valence-electron chi connectivity index (χ3n) is 3.05. The van der Waals surface area contributed by atoms with E-state index in [-0.39, 0.29) is 4.21 Å². The van der Waals surface area contributed by atoms with Gasteiger partial charge < -0.3 is 9.47 Å². The van der Waals surface area contributed by atoms with Gasteiger partial charge in [0.2, 0.25) is 0 Å². The molecule has 2 aromatic rings. The molecule has 0 aliphatic heterocycles. The molecule has 22 heavy (non-hydrogen) atoms. The summed E-state index contributed by atoms with van der Waals surface area (Å²) >= 11 is 4.43. The molecule has 1 N–H and O–H groups in total. The van der Waals surface area contributed by atoms with E-state index in [4.69, 9.17) is 9.47 Å². The van der Waals surface area contributed by atoms with Crippen LogP contribution in [0, 0.1) is 0 Å². The van der Waals surface area contributed by atoms with E-state index in [0.717, 1.165) is 9.35 Å². The van der Waals surface area contributed by atoms with Gasteiger partial charge in [-0.15, -0.1) is 11.3 Å². The average molecular weight is 406 g/mol. The Labute approximate surface area is 142 Å². The van der Waals surface area contributed by atoms with Crippen LogP contribution in [0.3, 0.4) is 0 Å². The van der Waals surface area contributed by atoms with Crippen molar-refractivity contribution >= 4 is 37.3 Å². The minimum absolute atomic E-state index is 0.270. The molecule has 1 aromatic heterocycles. The highest BCUT2D eigenvalue weighted by atomic mass is 79.9. The molecular formula is C14H16BrNO4S2. The number of methoxy groups -OCH3 is 2. The molecule has 0 radical (unpaired) electrons. The molecule has 1 heterocycles. The largest absolute Gasteiger partial charge is 0.493 e. The number of rotatable bonds is 6. The Hall–Kier alpha value is -1.09. The van der Waals surface area contributed by atoms with Gasteiger partial charge in [0.15, 0.2) is 11.5 Å². The summed E-state index contributed by atoms with van der Waals surface area (Å²) in [6.45, 7) is 1.78. The van der Waals surface area contributed by atoms with Crippen molar-refractivity contribution in [3.63, 3.8) is 0 Å². The number of sulfonamides is 1. The maximum atomic E-state index is 12.3. The van der Waals surface area contributed by atoms with Crippen LogP contribution in [0.1, 0.15) is 18.5 Å². The van der Waals surface area contributed by atoms with E-state index in [9.17, 15) is 8.42 Å². The Morgan fingerprint density at radius 3 is 2.36 bits per heavy atom. The molecule has 5 nitrogen and oxygen atoms in total. The molecule has 8 heteroatoms. The summed E-state index contributed by atoms with van der Waals surface area (Å²) in [7, 11) is -0.460. The lowest BCUT2D eigenvalue weighted by molar-refractivity contribution is 0.354. The van der Waals surface area contributed by atoms with Crippen LogP contribution in [-0.4, -0.2) is 22.6 Å². The zero-order chi connectivity index (χ0) is 16.3. The molecule has 1 atom stereocenters. The van der Waals surface area contributed by atoms with Crippen LogP contribution in [0.5, 0.6) is 11.5 Å². The van der Waals surface area contributed by atoms with E-state index in [0.29, 0.717) is 11.5 Å². The van der Waals surface area contributed by atoms with E-state index >= 15 is 0 Å². The first-order chi connectivity index (χ1) is 10.4. The minimum atomic E-state index is -3.56. The van der Waals surface area contributed by atoms with Crippen LogP contribution >= 0.6 is 27.3 Å². The monoisotopic (exact) mass is 405 g/mol. The van der Waals surface area contributed by atoms with E-state index in [2.05, 4.69) is 20.7 Å². The van der Waals surface area contributed by atoms with Crippen LogP contribution in [0.2, 0.25) is 0 Å². The topological polar surface area (TPSA) is 64.6 Å². The first-order valence-corrected chi connectivity index (χ1v) is 9.46. The lowest BCUT2D eigenvalue weighted by atomic mass is 10.1. The summed E-state index contributed by atoms with van der Waals surface area (Å²) in [6.07, 6.45) is 0. The number of halogens is 1. The van der Waals surface area contributed by atoms with Crippen LogP contribution in [0.25, 0.3) is 0 Å². The lowest BCUT2D eigenvalue weighted by Crippen LogP contribution is -2.26. The van der Waals surface area contributed by atoms with Crippen LogP contribution in [0.15, 0.2) is 38.3 Å². The second-order valence-electron chi connectivity index (χ2n) is 4.52. The Kier molecular flexibility index (Phi) is 5.49. The zero-order valence-electron chi connectivity index (χ0n) is 12.3. The summed E-state index contributed by atoms with van der Waals surface area (Å²) in [5, 5.41) is 0. The molecular weight excluding hydrogens is 390 g/mol. The summed E-state index contributed by atoms with van der Waals surface area (Å²) in [5.74, 6) is 1.16. The second kappa shape index (κ2) is 6.99. The SMILES string of the molecule is COc1ccc([C@@H](C)NS(=O)(=O)c2ccc(Br)s2)cc1OC. The fraction of sp³-hybridized carbons (Fsp3) is 0.286. The summed E-state index contributed by atoms with van der Waals surface area (Å²) < 4.78 is 38.8. The van der Waals surface area contributed by atoms with Gasteiger partial charge in [0, 0.05) is 6.04 Å². The van der Waals surface area contributed by atoms with Crippen molar-refractivity contribution in [2.24, 2.45) is 0 Å². The highest BCUT2D eigenvalue weighted by Gasteiger charge is 2.21. The number of thiophene rings is 1. The van der Waals surface area contributed by atoms with Crippen LogP contribution in [0.4, 0.5) is 0 Å². The standard InChI is InChI=1S/C14H16BrNO4S2/c1-9(10-4-5-11(19-2)12(8-10)20-3)16-22(17,18)14-7-6-13(15)21-14/h4-9,16H,1-3H3/t9-/m1/s1. The number of hydrogen-bond donors (Lipinski definition) is 1. The molecule has 0 spiro atoms. The summed E-state index contributed by atoms with van der Waals surface area (Å²) in [4.78, 5) is 0. The summed E-state index contributed by atoms with van der Waals surface area (Å²) in [5.41, 5.74) is 0.789. The van der Waals surface area contributed by atoms with Crippen LogP contribution in [-0.2, 0) is 10.0 Å². The zero-order valence-corrected chi connectivity index (χ0v) is 15.5. The predicted molar refractivity (Wildman–Crippen MR) is 90.3 cm³/mol. The van der Waals surface area contributed by atoms with Gasteiger partial charge in [-0.05, 0) is 52.7 Å². The van der Waals surface area contributed by atoms with Gasteiger partial charge in [0.1, 0.15) is 4.21 Å². The van der Waals surface area contributed by atoms with E-state index < -0.39 is 16.1 Å². The van der Waals surface area contributed by atoms with Gasteiger partial charge in [0.25, 0.3) is 10.0 Å². The maximum Gasteiger partial charge on any atom is 0.250 e.